The molecule has 0 amide bonds. The summed E-state index contributed by atoms with van der Waals surface area (Å²) >= 11 is 0. The van der Waals surface area contributed by atoms with E-state index < -0.39 is 24.1 Å². The standard InChI is InChI=1S/C13H16BFN2O2/c1-12(2)13(3,4)19-14(18-12)9-5-8(7-16)11(17)6-10(9)15/h5-6H,17H2,1-4H3. The molecule has 0 aromatic heterocycles. The Hall–Kier alpha value is -1.58. The number of nitrogens with two attached hydrogens (primary N) is 1. The van der Waals surface area contributed by atoms with Crippen LogP contribution < -0.4 is 11.2 Å². The minimum absolute atomic E-state index is 0.111. The maximum absolute atomic E-state index is 14.0. The van der Waals surface area contributed by atoms with Crippen LogP contribution in [0.2, 0.25) is 0 Å². The molecule has 1 aromatic rings. The summed E-state index contributed by atoms with van der Waals surface area (Å²) in [5.74, 6) is -0.532. The van der Waals surface area contributed by atoms with Gasteiger partial charge in [-0.3, -0.25) is 0 Å². The zero-order chi connectivity index (χ0) is 14.4. The molecule has 100 valence electrons. The summed E-state index contributed by atoms with van der Waals surface area (Å²) < 4.78 is 25.5. The van der Waals surface area contributed by atoms with Gasteiger partial charge in [-0.05, 0) is 39.8 Å². The number of nitrogen functional groups attached to an aromatic ring is 1. The third-order valence-corrected chi connectivity index (χ3v) is 3.80. The molecule has 4 nitrogen and oxygen atoms in total. The molecule has 2 N–H and O–H groups in total. The first-order chi connectivity index (χ1) is 8.68. The van der Waals surface area contributed by atoms with Crippen molar-refractivity contribution in [2.75, 3.05) is 5.73 Å². The average molecular weight is 262 g/mol. The normalized spacial score (nSPS) is 20.3. The molecular weight excluding hydrogens is 246 g/mol. The first kappa shape index (κ1) is 13.8. The number of benzene rings is 1. The van der Waals surface area contributed by atoms with Crippen molar-refractivity contribution in [3.63, 3.8) is 0 Å². The highest BCUT2D eigenvalue weighted by molar-refractivity contribution is 6.62. The summed E-state index contributed by atoms with van der Waals surface area (Å²) in [7, 11) is -0.835. The van der Waals surface area contributed by atoms with Gasteiger partial charge in [0.1, 0.15) is 11.9 Å². The van der Waals surface area contributed by atoms with Gasteiger partial charge in [-0.2, -0.15) is 5.26 Å². The molecule has 0 spiro atoms. The fraction of sp³-hybridized carbons (Fsp3) is 0.462. The summed E-state index contributed by atoms with van der Waals surface area (Å²) in [5.41, 5.74) is 4.97. The van der Waals surface area contributed by atoms with Crippen molar-refractivity contribution >= 4 is 18.3 Å². The number of rotatable bonds is 1. The molecule has 1 aromatic carbocycles. The zero-order valence-corrected chi connectivity index (χ0v) is 11.5. The predicted molar refractivity (Wildman–Crippen MR) is 71.2 cm³/mol. The summed E-state index contributed by atoms with van der Waals surface area (Å²) in [6.07, 6.45) is 0. The van der Waals surface area contributed by atoms with E-state index in [1.165, 1.54) is 6.07 Å². The zero-order valence-electron chi connectivity index (χ0n) is 11.5. The van der Waals surface area contributed by atoms with Crippen LogP contribution in [-0.2, 0) is 9.31 Å². The number of nitrogens with zero attached hydrogens (tertiary/aromatic N) is 1. The van der Waals surface area contributed by atoms with Crippen LogP contribution in [0.15, 0.2) is 12.1 Å². The molecule has 1 saturated heterocycles. The number of halogens is 1. The van der Waals surface area contributed by atoms with E-state index in [-0.39, 0.29) is 16.7 Å². The third kappa shape index (κ3) is 2.20. The Morgan fingerprint density at radius 2 is 1.74 bits per heavy atom. The van der Waals surface area contributed by atoms with Crippen molar-refractivity contribution in [3.05, 3.63) is 23.5 Å². The van der Waals surface area contributed by atoms with Crippen LogP contribution in [0, 0.1) is 17.1 Å². The molecule has 6 heteroatoms. The highest BCUT2D eigenvalue weighted by Crippen LogP contribution is 2.36. The van der Waals surface area contributed by atoms with E-state index in [1.807, 2.05) is 33.8 Å². The van der Waals surface area contributed by atoms with Gasteiger partial charge in [0.05, 0.1) is 22.5 Å². The smallest absolute Gasteiger partial charge is 0.399 e. The first-order valence-corrected chi connectivity index (χ1v) is 6.02. The van der Waals surface area contributed by atoms with Gasteiger partial charge in [-0.1, -0.05) is 0 Å². The molecule has 0 bridgehead atoms. The molecule has 0 saturated carbocycles. The maximum atomic E-state index is 14.0. The predicted octanol–water partition coefficient (Wildman–Crippen LogP) is 1.58. The molecule has 0 unspecified atom stereocenters. The maximum Gasteiger partial charge on any atom is 0.497 e. The molecule has 0 atom stereocenters. The number of hydrogen-bond acceptors (Lipinski definition) is 4. The van der Waals surface area contributed by atoms with E-state index in [0.717, 1.165) is 6.07 Å². The molecule has 1 heterocycles. The number of nitriles is 1. The molecule has 19 heavy (non-hydrogen) atoms. The molecule has 2 rings (SSSR count). The summed E-state index contributed by atoms with van der Waals surface area (Å²) in [4.78, 5) is 0. The second-order valence-electron chi connectivity index (χ2n) is 5.66. The van der Waals surface area contributed by atoms with Crippen LogP contribution in [0.1, 0.15) is 33.3 Å². The van der Waals surface area contributed by atoms with Crippen molar-refractivity contribution in [3.8, 4) is 6.07 Å². The highest BCUT2D eigenvalue weighted by atomic mass is 19.1. The molecule has 1 aliphatic rings. The molecule has 1 aliphatic heterocycles. The lowest BCUT2D eigenvalue weighted by Crippen LogP contribution is -2.41. The second kappa shape index (κ2) is 4.22. The molecule has 0 radical (unpaired) electrons. The van der Waals surface area contributed by atoms with Gasteiger partial charge in [0.25, 0.3) is 0 Å². The summed E-state index contributed by atoms with van der Waals surface area (Å²) in [6.45, 7) is 7.53. The van der Waals surface area contributed by atoms with Crippen LogP contribution in [0.5, 0.6) is 0 Å². The van der Waals surface area contributed by atoms with Gasteiger partial charge < -0.3 is 15.0 Å². The molecule has 0 aliphatic carbocycles. The van der Waals surface area contributed by atoms with Gasteiger partial charge in [0, 0.05) is 5.46 Å². The van der Waals surface area contributed by atoms with Crippen LogP contribution in [0.4, 0.5) is 10.1 Å². The van der Waals surface area contributed by atoms with Crippen molar-refractivity contribution in [1.82, 2.24) is 0 Å². The Bertz CT molecular complexity index is 550. The van der Waals surface area contributed by atoms with E-state index in [2.05, 4.69) is 0 Å². The van der Waals surface area contributed by atoms with E-state index >= 15 is 0 Å². The Labute approximate surface area is 112 Å². The van der Waals surface area contributed by atoms with Crippen LogP contribution in [-0.4, -0.2) is 18.3 Å². The lowest BCUT2D eigenvalue weighted by atomic mass is 9.77. The van der Waals surface area contributed by atoms with Gasteiger partial charge in [0.2, 0.25) is 0 Å². The lowest BCUT2D eigenvalue weighted by molar-refractivity contribution is 0.00578. The average Bonchev–Trinajstić information content (AvgIpc) is 2.48. The fourth-order valence-corrected chi connectivity index (χ4v) is 1.85. The second-order valence-corrected chi connectivity index (χ2v) is 5.66. The van der Waals surface area contributed by atoms with E-state index in [1.54, 1.807) is 0 Å². The third-order valence-electron chi connectivity index (χ3n) is 3.80. The molecule has 1 fully saturated rings. The topological polar surface area (TPSA) is 68.3 Å². The Kier molecular flexibility index (Phi) is 3.08. The van der Waals surface area contributed by atoms with Crippen LogP contribution in [0.25, 0.3) is 0 Å². The number of anilines is 1. The van der Waals surface area contributed by atoms with Crippen LogP contribution in [0.3, 0.4) is 0 Å². The fourth-order valence-electron chi connectivity index (χ4n) is 1.85. The van der Waals surface area contributed by atoms with Crippen molar-refractivity contribution in [1.29, 1.82) is 5.26 Å². The SMILES string of the molecule is CC1(C)OB(c2cc(C#N)c(N)cc2F)OC1(C)C. The van der Waals surface area contributed by atoms with Gasteiger partial charge in [-0.15, -0.1) is 0 Å². The quantitative estimate of drug-likeness (QED) is 0.616. The Morgan fingerprint density at radius 3 is 2.21 bits per heavy atom. The Balaban J connectivity index is 2.43. The highest BCUT2D eigenvalue weighted by Gasteiger charge is 2.52. The van der Waals surface area contributed by atoms with E-state index in [0.29, 0.717) is 0 Å². The van der Waals surface area contributed by atoms with Gasteiger partial charge in [0.15, 0.2) is 0 Å². The van der Waals surface area contributed by atoms with Crippen LogP contribution >= 0.6 is 0 Å². The summed E-state index contributed by atoms with van der Waals surface area (Å²) in [6, 6.07) is 4.43. The summed E-state index contributed by atoms with van der Waals surface area (Å²) in [5, 5.41) is 8.95. The Morgan fingerprint density at radius 1 is 1.21 bits per heavy atom. The van der Waals surface area contributed by atoms with Gasteiger partial charge in [-0.25, -0.2) is 4.39 Å². The van der Waals surface area contributed by atoms with Crippen molar-refractivity contribution in [2.24, 2.45) is 0 Å². The molecular formula is C13H16BFN2O2. The minimum Gasteiger partial charge on any atom is -0.399 e. The van der Waals surface area contributed by atoms with E-state index in [9.17, 15) is 4.39 Å². The first-order valence-electron chi connectivity index (χ1n) is 6.02. The van der Waals surface area contributed by atoms with Gasteiger partial charge >= 0.3 is 7.12 Å². The number of hydrogen-bond donors (Lipinski definition) is 1. The minimum atomic E-state index is -0.835. The van der Waals surface area contributed by atoms with E-state index in [4.69, 9.17) is 20.3 Å². The largest absolute Gasteiger partial charge is 0.497 e. The van der Waals surface area contributed by atoms with Crippen molar-refractivity contribution < 1.29 is 13.7 Å². The van der Waals surface area contributed by atoms with Crippen molar-refractivity contribution in [2.45, 2.75) is 38.9 Å². The lowest BCUT2D eigenvalue weighted by Gasteiger charge is -2.32. The monoisotopic (exact) mass is 262 g/mol.